The van der Waals surface area contributed by atoms with Gasteiger partial charge in [-0.1, -0.05) is 29.8 Å². The number of benzene rings is 2. The lowest BCUT2D eigenvalue weighted by molar-refractivity contribution is 0.0953. The van der Waals surface area contributed by atoms with Crippen molar-refractivity contribution in [3.05, 3.63) is 63.1 Å². The fraction of sp³-hybridized carbons (Fsp3) is 0.0714. The molecule has 6 heteroatoms. The minimum atomic E-state index is -0.358. The van der Waals surface area contributed by atoms with Gasteiger partial charge in [-0.3, -0.25) is 10.2 Å². The van der Waals surface area contributed by atoms with Crippen molar-refractivity contribution in [3.8, 4) is 5.75 Å². The topological polar surface area (TPSA) is 64.3 Å². The summed E-state index contributed by atoms with van der Waals surface area (Å²) < 4.78 is 6.35. The van der Waals surface area contributed by atoms with Gasteiger partial charge >= 0.3 is 0 Å². The Labute approximate surface area is 130 Å². The average molecular weight is 356 g/mol. The summed E-state index contributed by atoms with van der Waals surface area (Å²) in [5.74, 6) is 5.35. The Morgan fingerprint density at radius 1 is 1.30 bits per heavy atom. The lowest BCUT2D eigenvalue weighted by Crippen LogP contribution is -2.29. The van der Waals surface area contributed by atoms with E-state index >= 15 is 0 Å². The Kier molecular flexibility index (Phi) is 5.00. The van der Waals surface area contributed by atoms with Crippen molar-refractivity contribution in [1.82, 2.24) is 5.43 Å². The number of hydrazine groups is 1. The molecule has 0 saturated carbocycles. The number of hydrogen-bond acceptors (Lipinski definition) is 3. The highest BCUT2D eigenvalue weighted by Crippen LogP contribution is 2.27. The molecule has 4 nitrogen and oxygen atoms in total. The van der Waals surface area contributed by atoms with Gasteiger partial charge in [0.2, 0.25) is 0 Å². The molecule has 2 rings (SSSR count). The Balaban J connectivity index is 2.11. The van der Waals surface area contributed by atoms with Gasteiger partial charge in [0.25, 0.3) is 5.91 Å². The first kappa shape index (κ1) is 14.8. The van der Waals surface area contributed by atoms with Crippen LogP contribution in [0.2, 0.25) is 5.02 Å². The summed E-state index contributed by atoms with van der Waals surface area (Å²) in [5.41, 5.74) is 3.42. The quantitative estimate of drug-likeness (QED) is 0.502. The van der Waals surface area contributed by atoms with E-state index < -0.39 is 0 Å². The molecule has 3 N–H and O–H groups in total. The van der Waals surface area contributed by atoms with Gasteiger partial charge in [-0.05, 0) is 40.2 Å². The highest BCUT2D eigenvalue weighted by atomic mass is 79.9. The molecule has 0 aliphatic carbocycles. The number of halogens is 2. The zero-order valence-electron chi connectivity index (χ0n) is 10.4. The Bertz CT molecular complexity index is 634. The molecular weight excluding hydrogens is 344 g/mol. The Morgan fingerprint density at radius 2 is 2.05 bits per heavy atom. The van der Waals surface area contributed by atoms with E-state index in [1.807, 2.05) is 24.3 Å². The van der Waals surface area contributed by atoms with E-state index in [1.54, 1.807) is 18.2 Å². The van der Waals surface area contributed by atoms with Crippen LogP contribution >= 0.6 is 27.5 Å². The summed E-state index contributed by atoms with van der Waals surface area (Å²) in [7, 11) is 0. The summed E-state index contributed by atoms with van der Waals surface area (Å²) in [6.07, 6.45) is 0. The first-order chi connectivity index (χ1) is 9.61. The van der Waals surface area contributed by atoms with Gasteiger partial charge in [0.15, 0.2) is 0 Å². The van der Waals surface area contributed by atoms with Crippen LogP contribution in [0.15, 0.2) is 46.9 Å². The number of carbonyl (C=O) groups excluding carboxylic acids is 1. The number of nitrogen functional groups attached to an aromatic ring is 1. The number of ether oxygens (including phenoxy) is 1. The van der Waals surface area contributed by atoms with Gasteiger partial charge in [-0.2, -0.15) is 0 Å². The zero-order chi connectivity index (χ0) is 14.5. The van der Waals surface area contributed by atoms with Crippen molar-refractivity contribution in [3.63, 3.8) is 0 Å². The molecule has 0 atom stereocenters. The van der Waals surface area contributed by atoms with Gasteiger partial charge < -0.3 is 4.74 Å². The number of nitrogens with two attached hydrogens (primary N) is 1. The third-order valence-corrected chi connectivity index (χ3v) is 3.65. The van der Waals surface area contributed by atoms with Gasteiger partial charge in [-0.25, -0.2) is 5.84 Å². The molecule has 0 aliphatic rings. The van der Waals surface area contributed by atoms with Crippen LogP contribution in [0, 0.1) is 0 Å². The van der Waals surface area contributed by atoms with Crippen LogP contribution in [0.3, 0.4) is 0 Å². The Hall–Kier alpha value is -1.56. The first-order valence-corrected chi connectivity index (χ1v) is 6.95. The molecule has 0 aliphatic heterocycles. The fourth-order valence-electron chi connectivity index (χ4n) is 1.61. The molecule has 104 valence electrons. The summed E-state index contributed by atoms with van der Waals surface area (Å²) in [4.78, 5) is 11.4. The third kappa shape index (κ3) is 3.50. The maximum Gasteiger partial charge on any atom is 0.265 e. The fourth-order valence-corrected chi connectivity index (χ4v) is 2.30. The van der Waals surface area contributed by atoms with Crippen molar-refractivity contribution in [2.45, 2.75) is 6.61 Å². The van der Waals surface area contributed by atoms with Gasteiger partial charge in [-0.15, -0.1) is 0 Å². The van der Waals surface area contributed by atoms with E-state index in [2.05, 4.69) is 21.4 Å². The van der Waals surface area contributed by atoms with Crippen LogP contribution < -0.4 is 16.0 Å². The van der Waals surface area contributed by atoms with Crippen LogP contribution in [0.1, 0.15) is 15.9 Å². The highest BCUT2D eigenvalue weighted by molar-refractivity contribution is 9.10. The maximum atomic E-state index is 11.4. The summed E-state index contributed by atoms with van der Waals surface area (Å²) >= 11 is 9.42. The smallest absolute Gasteiger partial charge is 0.265 e. The number of rotatable bonds is 4. The van der Waals surface area contributed by atoms with E-state index in [0.717, 1.165) is 5.56 Å². The molecule has 0 unspecified atom stereocenters. The van der Waals surface area contributed by atoms with E-state index in [0.29, 0.717) is 27.4 Å². The van der Waals surface area contributed by atoms with Gasteiger partial charge in [0.1, 0.15) is 12.4 Å². The second-order valence-electron chi connectivity index (χ2n) is 4.00. The highest BCUT2D eigenvalue weighted by Gasteiger charge is 2.08. The average Bonchev–Trinajstić information content (AvgIpc) is 2.46. The molecule has 2 aromatic rings. The predicted molar refractivity (Wildman–Crippen MR) is 81.6 cm³/mol. The molecule has 0 fully saturated rings. The third-order valence-electron chi connectivity index (χ3n) is 2.67. The van der Waals surface area contributed by atoms with Crippen molar-refractivity contribution in [1.29, 1.82) is 0 Å². The lowest BCUT2D eigenvalue weighted by atomic mass is 10.2. The summed E-state index contributed by atoms with van der Waals surface area (Å²) in [5, 5.41) is 0.655. The van der Waals surface area contributed by atoms with Crippen LogP contribution in [0.4, 0.5) is 0 Å². The van der Waals surface area contributed by atoms with E-state index in [9.17, 15) is 4.79 Å². The predicted octanol–water partition coefficient (Wildman–Crippen LogP) is 3.29. The van der Waals surface area contributed by atoms with Crippen molar-refractivity contribution >= 4 is 33.4 Å². The minimum absolute atomic E-state index is 0.348. The van der Waals surface area contributed by atoms with E-state index in [1.165, 1.54) is 0 Å². The first-order valence-electron chi connectivity index (χ1n) is 5.78. The number of carbonyl (C=O) groups is 1. The molecule has 0 spiro atoms. The Morgan fingerprint density at radius 3 is 2.70 bits per heavy atom. The molecule has 0 radical (unpaired) electrons. The molecule has 1 amide bonds. The standard InChI is InChI=1S/C14H12BrClN2O2/c15-11-7-9(14(19)18-17)5-6-13(11)20-8-10-3-1-2-4-12(10)16/h1-7H,8,17H2,(H,18,19). The molecule has 2 aromatic carbocycles. The molecule has 0 heterocycles. The van der Waals surface area contributed by atoms with Crippen LogP contribution in [-0.2, 0) is 6.61 Å². The number of hydrogen-bond donors (Lipinski definition) is 2. The van der Waals surface area contributed by atoms with Crippen LogP contribution in [0.5, 0.6) is 5.75 Å². The van der Waals surface area contributed by atoms with Crippen molar-refractivity contribution in [2.75, 3.05) is 0 Å². The summed E-state index contributed by atoms with van der Waals surface area (Å²) in [6.45, 7) is 0.348. The van der Waals surface area contributed by atoms with Crippen LogP contribution in [-0.4, -0.2) is 5.91 Å². The second kappa shape index (κ2) is 6.74. The summed E-state index contributed by atoms with van der Waals surface area (Å²) in [6, 6.07) is 12.4. The molecular formula is C14H12BrClN2O2. The minimum Gasteiger partial charge on any atom is -0.488 e. The second-order valence-corrected chi connectivity index (χ2v) is 5.26. The largest absolute Gasteiger partial charge is 0.488 e. The monoisotopic (exact) mass is 354 g/mol. The molecule has 0 bridgehead atoms. The maximum absolute atomic E-state index is 11.4. The number of nitrogens with one attached hydrogen (secondary N) is 1. The number of amides is 1. The lowest BCUT2D eigenvalue weighted by Gasteiger charge is -2.10. The SMILES string of the molecule is NNC(=O)c1ccc(OCc2ccccc2Cl)c(Br)c1. The molecule has 20 heavy (non-hydrogen) atoms. The normalized spacial score (nSPS) is 10.2. The van der Waals surface area contributed by atoms with Crippen molar-refractivity contribution in [2.24, 2.45) is 5.84 Å². The molecule has 0 aromatic heterocycles. The van der Waals surface area contributed by atoms with E-state index in [4.69, 9.17) is 22.2 Å². The molecule has 0 saturated heterocycles. The van der Waals surface area contributed by atoms with Gasteiger partial charge in [0.05, 0.1) is 4.47 Å². The van der Waals surface area contributed by atoms with E-state index in [-0.39, 0.29) is 5.91 Å². The van der Waals surface area contributed by atoms with Gasteiger partial charge in [0, 0.05) is 16.1 Å². The van der Waals surface area contributed by atoms with Crippen molar-refractivity contribution < 1.29 is 9.53 Å². The van der Waals surface area contributed by atoms with Crippen LogP contribution in [0.25, 0.3) is 0 Å². The zero-order valence-corrected chi connectivity index (χ0v) is 12.7.